The molecule has 1 aromatic carbocycles. The van der Waals surface area contributed by atoms with Gasteiger partial charge >= 0.3 is 5.97 Å². The van der Waals surface area contributed by atoms with Crippen LogP contribution >= 0.6 is 0 Å². The number of hydrogen-bond acceptors (Lipinski definition) is 2. The molecule has 0 fully saturated rings. The fourth-order valence-corrected chi connectivity index (χ4v) is 2.40. The second kappa shape index (κ2) is 3.91. The lowest BCUT2D eigenvalue weighted by Gasteiger charge is -2.32. The largest absolute Gasteiger partial charge is 0.481 e. The molecule has 0 heterocycles. The monoisotopic (exact) mass is 220 g/mol. The first-order valence-corrected chi connectivity index (χ1v) is 5.51. The van der Waals surface area contributed by atoms with Gasteiger partial charge in [-0.15, -0.1) is 0 Å². The van der Waals surface area contributed by atoms with Crippen LogP contribution in [0.25, 0.3) is 0 Å². The number of aliphatic carboxylic acids is 1. The molecule has 0 saturated carbocycles. The van der Waals surface area contributed by atoms with E-state index < -0.39 is 11.6 Å². The SMILES string of the molecule is Cc1ccc2c(c1)CCC(O)(CC(=O)O)C2. The van der Waals surface area contributed by atoms with Crippen molar-refractivity contribution in [2.75, 3.05) is 0 Å². The Balaban J connectivity index is 2.23. The normalized spacial score (nSPS) is 23.9. The Morgan fingerprint density at radius 2 is 2.19 bits per heavy atom. The van der Waals surface area contributed by atoms with Crippen LogP contribution in [0, 0.1) is 6.92 Å². The van der Waals surface area contributed by atoms with Crippen molar-refractivity contribution in [3.8, 4) is 0 Å². The van der Waals surface area contributed by atoms with Crippen LogP contribution in [0.4, 0.5) is 0 Å². The van der Waals surface area contributed by atoms with Crippen molar-refractivity contribution in [2.24, 2.45) is 0 Å². The van der Waals surface area contributed by atoms with Crippen LogP contribution in [0.3, 0.4) is 0 Å². The maximum atomic E-state index is 10.7. The molecule has 86 valence electrons. The summed E-state index contributed by atoms with van der Waals surface area (Å²) in [6.07, 6.45) is 1.59. The first kappa shape index (κ1) is 11.1. The highest BCUT2D eigenvalue weighted by Crippen LogP contribution is 2.31. The van der Waals surface area contributed by atoms with Gasteiger partial charge in [0.05, 0.1) is 12.0 Å². The van der Waals surface area contributed by atoms with E-state index in [4.69, 9.17) is 5.11 Å². The molecule has 1 aromatic rings. The lowest BCUT2D eigenvalue weighted by Crippen LogP contribution is -2.38. The summed E-state index contributed by atoms with van der Waals surface area (Å²) in [6, 6.07) is 6.12. The van der Waals surface area contributed by atoms with Gasteiger partial charge in [0, 0.05) is 6.42 Å². The first-order chi connectivity index (χ1) is 7.48. The van der Waals surface area contributed by atoms with E-state index in [9.17, 15) is 9.90 Å². The summed E-state index contributed by atoms with van der Waals surface area (Å²) in [5.41, 5.74) is 2.48. The van der Waals surface area contributed by atoms with Crippen molar-refractivity contribution < 1.29 is 15.0 Å². The standard InChI is InChI=1S/C13H16O3/c1-9-2-3-11-7-13(16,8-12(14)15)5-4-10(11)6-9/h2-3,6,16H,4-5,7-8H2,1H3,(H,14,15). The van der Waals surface area contributed by atoms with Crippen molar-refractivity contribution in [3.05, 3.63) is 34.9 Å². The molecule has 0 radical (unpaired) electrons. The molecule has 1 aliphatic rings. The molecule has 0 saturated heterocycles. The Hall–Kier alpha value is -1.35. The molecule has 0 bridgehead atoms. The number of fused-ring (bicyclic) bond motifs is 1. The molecule has 0 spiro atoms. The Labute approximate surface area is 94.7 Å². The fourth-order valence-electron chi connectivity index (χ4n) is 2.40. The van der Waals surface area contributed by atoms with E-state index >= 15 is 0 Å². The molecule has 1 atom stereocenters. The van der Waals surface area contributed by atoms with Gasteiger partial charge in [-0.3, -0.25) is 4.79 Å². The van der Waals surface area contributed by atoms with Gasteiger partial charge in [-0.1, -0.05) is 23.8 Å². The lowest BCUT2D eigenvalue weighted by atomic mass is 9.78. The molecule has 0 aliphatic heterocycles. The van der Waals surface area contributed by atoms with Gasteiger partial charge in [-0.2, -0.15) is 0 Å². The van der Waals surface area contributed by atoms with Gasteiger partial charge in [0.2, 0.25) is 0 Å². The van der Waals surface area contributed by atoms with Gasteiger partial charge in [0.15, 0.2) is 0 Å². The second-order valence-corrected chi connectivity index (χ2v) is 4.74. The fraction of sp³-hybridized carbons (Fsp3) is 0.462. The van der Waals surface area contributed by atoms with Crippen LogP contribution < -0.4 is 0 Å². The number of hydrogen-bond donors (Lipinski definition) is 2. The molecule has 1 unspecified atom stereocenters. The highest BCUT2D eigenvalue weighted by Gasteiger charge is 2.34. The topological polar surface area (TPSA) is 57.5 Å². The molecule has 3 heteroatoms. The molecule has 2 rings (SSSR count). The average Bonchev–Trinajstić information content (AvgIpc) is 2.17. The Bertz CT molecular complexity index is 425. The average molecular weight is 220 g/mol. The van der Waals surface area contributed by atoms with Gasteiger partial charge < -0.3 is 10.2 Å². The number of carboxylic acid groups (broad SMARTS) is 1. The van der Waals surface area contributed by atoms with Crippen LogP contribution in [0.15, 0.2) is 18.2 Å². The van der Waals surface area contributed by atoms with Crippen molar-refractivity contribution in [3.63, 3.8) is 0 Å². The first-order valence-electron chi connectivity index (χ1n) is 5.51. The molecule has 0 amide bonds. The summed E-state index contributed by atoms with van der Waals surface area (Å²) in [7, 11) is 0. The highest BCUT2D eigenvalue weighted by atomic mass is 16.4. The number of rotatable bonds is 2. The molecule has 1 aliphatic carbocycles. The highest BCUT2D eigenvalue weighted by molar-refractivity contribution is 5.68. The van der Waals surface area contributed by atoms with Gasteiger partial charge in [-0.05, 0) is 30.9 Å². The maximum absolute atomic E-state index is 10.7. The Kier molecular flexibility index (Phi) is 2.72. The second-order valence-electron chi connectivity index (χ2n) is 4.74. The molecular formula is C13H16O3. The lowest BCUT2D eigenvalue weighted by molar-refractivity contribution is -0.143. The minimum absolute atomic E-state index is 0.166. The summed E-state index contributed by atoms with van der Waals surface area (Å²) in [4.78, 5) is 10.7. The summed E-state index contributed by atoms with van der Waals surface area (Å²) in [5, 5.41) is 18.9. The van der Waals surface area contributed by atoms with Crippen molar-refractivity contribution >= 4 is 5.97 Å². The van der Waals surface area contributed by atoms with Crippen LogP contribution in [0.1, 0.15) is 29.5 Å². The minimum atomic E-state index is -1.06. The van der Waals surface area contributed by atoms with E-state index in [0.717, 1.165) is 12.0 Å². The summed E-state index contributed by atoms with van der Waals surface area (Å²) < 4.78 is 0. The van der Waals surface area contributed by atoms with Crippen molar-refractivity contribution in [2.45, 2.75) is 38.2 Å². The molecule has 3 nitrogen and oxygen atoms in total. The predicted molar refractivity (Wildman–Crippen MR) is 60.4 cm³/mol. The zero-order valence-electron chi connectivity index (χ0n) is 9.36. The van der Waals surface area contributed by atoms with Crippen molar-refractivity contribution in [1.29, 1.82) is 0 Å². The van der Waals surface area contributed by atoms with E-state index in [2.05, 4.69) is 6.07 Å². The van der Waals surface area contributed by atoms with Gasteiger partial charge in [-0.25, -0.2) is 0 Å². The number of aryl methyl sites for hydroxylation is 2. The predicted octanol–water partition coefficient (Wildman–Crippen LogP) is 1.69. The van der Waals surface area contributed by atoms with Crippen molar-refractivity contribution in [1.82, 2.24) is 0 Å². The van der Waals surface area contributed by atoms with E-state index in [1.54, 1.807) is 0 Å². The Morgan fingerprint density at radius 1 is 1.44 bits per heavy atom. The van der Waals surface area contributed by atoms with Crippen LogP contribution in [0.2, 0.25) is 0 Å². The van der Waals surface area contributed by atoms with E-state index in [1.165, 1.54) is 11.1 Å². The maximum Gasteiger partial charge on any atom is 0.306 e. The third-order valence-corrected chi connectivity index (χ3v) is 3.22. The van der Waals surface area contributed by atoms with E-state index in [1.807, 2.05) is 19.1 Å². The zero-order chi connectivity index (χ0) is 11.8. The number of benzene rings is 1. The third-order valence-electron chi connectivity index (χ3n) is 3.22. The summed E-state index contributed by atoms with van der Waals surface area (Å²) in [5.74, 6) is -0.932. The van der Waals surface area contributed by atoms with Crippen LogP contribution in [0.5, 0.6) is 0 Å². The van der Waals surface area contributed by atoms with E-state index in [-0.39, 0.29) is 6.42 Å². The van der Waals surface area contributed by atoms with Crippen LogP contribution in [-0.4, -0.2) is 21.8 Å². The molecular weight excluding hydrogens is 204 g/mol. The minimum Gasteiger partial charge on any atom is -0.481 e. The number of carboxylic acids is 1. The quantitative estimate of drug-likeness (QED) is 0.797. The smallest absolute Gasteiger partial charge is 0.306 e. The number of aliphatic hydroxyl groups is 1. The van der Waals surface area contributed by atoms with Gasteiger partial charge in [0.25, 0.3) is 0 Å². The van der Waals surface area contributed by atoms with E-state index in [0.29, 0.717) is 12.8 Å². The van der Waals surface area contributed by atoms with Gasteiger partial charge in [0.1, 0.15) is 0 Å². The molecule has 16 heavy (non-hydrogen) atoms. The summed E-state index contributed by atoms with van der Waals surface area (Å²) in [6.45, 7) is 2.04. The number of carbonyl (C=O) groups is 1. The summed E-state index contributed by atoms with van der Waals surface area (Å²) >= 11 is 0. The van der Waals surface area contributed by atoms with Crippen LogP contribution in [-0.2, 0) is 17.6 Å². The molecule has 0 aromatic heterocycles. The third kappa shape index (κ3) is 2.25. The zero-order valence-corrected chi connectivity index (χ0v) is 9.36. The molecule has 2 N–H and O–H groups in total. The Morgan fingerprint density at radius 3 is 2.88 bits per heavy atom.